The van der Waals surface area contributed by atoms with Crippen LogP contribution in [-0.2, 0) is 40.5 Å². The zero-order chi connectivity index (χ0) is 37.7. The average molecular weight is 871 g/mol. The molecule has 32 heteroatoms. The van der Waals surface area contributed by atoms with Crippen molar-refractivity contribution >= 4 is 204 Å². The van der Waals surface area contributed by atoms with Gasteiger partial charge in [-0.15, -0.1) is 20.5 Å². The zero-order valence-electron chi connectivity index (χ0n) is 27.5. The van der Waals surface area contributed by atoms with Crippen LogP contribution in [0.5, 0.6) is 11.5 Å². The molecule has 0 bridgehead atoms. The van der Waals surface area contributed by atoms with Crippen LogP contribution in [0.2, 0.25) is 0 Å². The van der Waals surface area contributed by atoms with Gasteiger partial charge >= 0.3 is 0 Å². The van der Waals surface area contributed by atoms with Crippen molar-refractivity contribution in [3.05, 3.63) is 68.8 Å². The Balaban J connectivity index is 0.00000702. The summed E-state index contributed by atoms with van der Waals surface area (Å²) in [7, 11) is -21.5. The van der Waals surface area contributed by atoms with Crippen LogP contribution in [0.15, 0.2) is 88.6 Å². The number of fused-ring (bicyclic) bond motifs is 1. The molecule has 0 aliphatic rings. The normalized spacial score (nSPS) is 12.0. The molecule has 0 saturated heterocycles. The largest absolute Gasteiger partial charge is 0.505 e. The molecule has 0 heterocycles. The number of nitro groups is 2. The fourth-order valence-electron chi connectivity index (χ4n) is 4.07. The van der Waals surface area contributed by atoms with E-state index >= 15 is 0 Å². The second-order valence-electron chi connectivity index (χ2n) is 9.36. The monoisotopic (exact) mass is 870 g/mol. The maximum Gasteiger partial charge on any atom is 0.297 e. The van der Waals surface area contributed by atoms with Crippen LogP contribution >= 0.6 is 0 Å². The van der Waals surface area contributed by atoms with Crippen molar-refractivity contribution in [1.29, 1.82) is 0 Å². The Kier molecular flexibility index (Phi) is 18.6. The molecule has 0 fully saturated rings. The Labute approximate surface area is 390 Å². The molecule has 4 aromatic carbocycles. The van der Waals surface area contributed by atoms with E-state index in [2.05, 4.69) is 20.5 Å². The SMILES string of the molecule is O=[N+]([O-])c1ccc(N=Nc2c(S(=O)(=O)O)cc3cc(S(=O)(=O)O)c(N=Nc4ccc([N+](=O)[O-])cc4S(=O)(=O)O)c(O)c3c2O)c(S(=O)(=O)O)c1.[Na].[Na].[Na].[Na]. The molecule has 0 unspecified atom stereocenters. The van der Waals surface area contributed by atoms with E-state index in [9.17, 15) is 82.3 Å². The maximum atomic E-state index is 12.2. The Morgan fingerprint density at radius 3 is 1.04 bits per heavy atom. The van der Waals surface area contributed by atoms with E-state index in [4.69, 9.17) is 0 Å². The number of phenolic OH excluding ortho intramolecular Hbond substituents is 2. The summed E-state index contributed by atoms with van der Waals surface area (Å²) in [6.07, 6.45) is 0. The van der Waals surface area contributed by atoms with Gasteiger partial charge in [-0.05, 0) is 29.7 Å². The predicted octanol–water partition coefficient (Wildman–Crippen LogP) is 2.36. The van der Waals surface area contributed by atoms with Crippen LogP contribution in [-0.4, -0.2) is 190 Å². The summed E-state index contributed by atoms with van der Waals surface area (Å²) in [6, 6.07) is 4.06. The number of rotatable bonds is 10. The fourth-order valence-corrected chi connectivity index (χ4v) is 6.67. The fraction of sp³-hybridized carbons (Fsp3) is 0. The van der Waals surface area contributed by atoms with Crippen LogP contribution in [0, 0.1) is 20.2 Å². The Hall–Kier alpha value is -1.62. The van der Waals surface area contributed by atoms with Gasteiger partial charge in [0, 0.05) is 142 Å². The van der Waals surface area contributed by atoms with E-state index in [1.54, 1.807) is 0 Å². The third kappa shape index (κ3) is 11.7. The first-order valence-electron chi connectivity index (χ1n) is 12.2. The van der Waals surface area contributed by atoms with Gasteiger partial charge in [-0.25, -0.2) is 0 Å². The molecular weight excluding hydrogens is 856 g/mol. The number of benzene rings is 4. The summed E-state index contributed by atoms with van der Waals surface area (Å²) < 4.78 is 135. The number of aromatic hydroxyl groups is 2. The molecule has 0 aliphatic heterocycles. The quantitative estimate of drug-likeness (QED) is 0.0438. The molecule has 268 valence electrons. The molecule has 4 radical (unpaired) electrons. The summed E-state index contributed by atoms with van der Waals surface area (Å²) in [5.74, 6) is -2.95. The third-order valence-corrected chi connectivity index (χ3v) is 9.69. The third-order valence-electron chi connectivity index (χ3n) is 6.19. The molecule has 4 aromatic rings. The van der Waals surface area contributed by atoms with E-state index in [1.165, 1.54) is 0 Å². The van der Waals surface area contributed by atoms with Gasteiger partial charge in [-0.1, -0.05) is 0 Å². The molecule has 4 rings (SSSR count). The number of hydrogen-bond acceptors (Lipinski definition) is 18. The van der Waals surface area contributed by atoms with Crippen LogP contribution in [0.4, 0.5) is 34.1 Å². The minimum Gasteiger partial charge on any atom is -0.505 e. The van der Waals surface area contributed by atoms with Gasteiger partial charge in [0.2, 0.25) is 0 Å². The minimum atomic E-state index is -5.49. The number of nitrogens with zero attached hydrogens (tertiary/aromatic N) is 6. The Morgan fingerprint density at radius 1 is 0.481 bits per heavy atom. The van der Waals surface area contributed by atoms with E-state index in [1.807, 2.05) is 0 Å². The van der Waals surface area contributed by atoms with Gasteiger partial charge in [-0.3, -0.25) is 38.4 Å². The maximum absolute atomic E-state index is 12.2. The number of non-ortho nitro benzene ring substituents is 2. The van der Waals surface area contributed by atoms with Gasteiger partial charge in [0.25, 0.3) is 51.8 Å². The summed E-state index contributed by atoms with van der Waals surface area (Å²) in [5, 5.41) is 55.8. The number of phenols is 2. The number of azo groups is 2. The molecule has 0 aliphatic carbocycles. The standard InChI is InChI=1S/C22H14N6O18S4.4Na/c29-21-18-9(5-16(49(41,42)43)19(21)25-23-12-3-1-10(27(31)32)7-14(12)47(35,36)37)6-17(50(44,45)46)20(22(18)30)26-24-13-4-2-11(28(33)34)8-15(13)48(38,39)40;;;;/h1-8,29-30H,(H,35,36,37)(H,38,39,40)(H,41,42,43)(H,44,45,46);;;;. The van der Waals surface area contributed by atoms with Gasteiger partial charge in [-0.2, -0.15) is 33.7 Å². The van der Waals surface area contributed by atoms with Crippen molar-refractivity contribution in [2.75, 3.05) is 0 Å². The van der Waals surface area contributed by atoms with Crippen molar-refractivity contribution in [3.63, 3.8) is 0 Å². The molecule has 0 atom stereocenters. The average Bonchev–Trinajstić information content (AvgIpc) is 2.97. The molecule has 54 heavy (non-hydrogen) atoms. The first kappa shape index (κ1) is 52.4. The summed E-state index contributed by atoms with van der Waals surface area (Å²) in [5.41, 5.74) is -6.11. The predicted molar refractivity (Wildman–Crippen MR) is 184 cm³/mol. The number of nitro benzene ring substituents is 2. The van der Waals surface area contributed by atoms with E-state index in [0.717, 1.165) is 0 Å². The van der Waals surface area contributed by atoms with Gasteiger partial charge in [0.05, 0.1) is 15.2 Å². The molecule has 0 spiro atoms. The van der Waals surface area contributed by atoms with Crippen molar-refractivity contribution in [1.82, 2.24) is 0 Å². The van der Waals surface area contributed by atoms with Crippen molar-refractivity contribution < 1.29 is 71.9 Å². The molecule has 0 aromatic heterocycles. The van der Waals surface area contributed by atoms with Crippen LogP contribution in [0.3, 0.4) is 0 Å². The topological polar surface area (TPSA) is 394 Å². The Bertz CT molecular complexity index is 2520. The smallest absolute Gasteiger partial charge is 0.297 e. The van der Waals surface area contributed by atoms with Gasteiger partial charge < -0.3 is 10.2 Å². The van der Waals surface area contributed by atoms with Crippen molar-refractivity contribution in [2.24, 2.45) is 20.5 Å². The summed E-state index contributed by atoms with van der Waals surface area (Å²) in [4.78, 5) is 14.8. The van der Waals surface area contributed by atoms with Gasteiger partial charge in [0.1, 0.15) is 42.3 Å². The van der Waals surface area contributed by atoms with E-state index in [0.29, 0.717) is 48.5 Å². The van der Waals surface area contributed by atoms with Crippen molar-refractivity contribution in [3.8, 4) is 11.5 Å². The molecule has 0 amide bonds. The second kappa shape index (κ2) is 19.2. The Morgan fingerprint density at radius 2 is 0.778 bits per heavy atom. The summed E-state index contributed by atoms with van der Waals surface area (Å²) in [6.45, 7) is 0. The number of hydrogen-bond donors (Lipinski definition) is 6. The van der Waals surface area contributed by atoms with E-state index in [-0.39, 0.29) is 118 Å². The van der Waals surface area contributed by atoms with E-state index < -0.39 is 126 Å². The zero-order valence-corrected chi connectivity index (χ0v) is 38.8. The van der Waals surface area contributed by atoms with Crippen LogP contribution in [0.1, 0.15) is 0 Å². The first-order valence-corrected chi connectivity index (χ1v) is 17.9. The van der Waals surface area contributed by atoms with Crippen molar-refractivity contribution in [2.45, 2.75) is 19.6 Å². The van der Waals surface area contributed by atoms with Crippen LogP contribution < -0.4 is 0 Å². The molecule has 6 N–H and O–H groups in total. The molecular formula is C22H14N6Na4O18S4. The van der Waals surface area contributed by atoms with Gasteiger partial charge in [0.15, 0.2) is 11.5 Å². The first-order chi connectivity index (χ1) is 22.8. The second-order valence-corrected chi connectivity index (χ2v) is 14.9. The molecule has 24 nitrogen and oxygen atoms in total. The molecule has 0 saturated carbocycles. The van der Waals surface area contributed by atoms with Crippen LogP contribution in [0.25, 0.3) is 10.8 Å². The summed E-state index contributed by atoms with van der Waals surface area (Å²) >= 11 is 0. The minimum absolute atomic E-state index is 0.